The zero-order valence-electron chi connectivity index (χ0n) is 21.7. The molecule has 2 aromatic heterocycles. The van der Waals surface area contributed by atoms with Crippen LogP contribution in [0.15, 0.2) is 59.7 Å². The fourth-order valence-electron chi connectivity index (χ4n) is 3.83. The first-order valence-electron chi connectivity index (χ1n) is 12.0. The number of alkyl halides is 2. The normalized spacial score (nSPS) is 16.4. The van der Waals surface area contributed by atoms with Crippen LogP contribution in [-0.4, -0.2) is 53.4 Å². The number of anilines is 1. The second-order valence-corrected chi connectivity index (χ2v) is 9.29. The summed E-state index contributed by atoms with van der Waals surface area (Å²) in [6.45, 7) is -1.52. The molecule has 4 aromatic rings. The highest BCUT2D eigenvalue weighted by molar-refractivity contribution is 7.42. The Morgan fingerprint density at radius 1 is 1.00 bits per heavy atom. The Morgan fingerprint density at radius 2 is 1.55 bits per heavy atom. The number of nitrogens with two attached hydrogens (primary N) is 1. The third kappa shape index (κ3) is 7.34. The van der Waals surface area contributed by atoms with E-state index in [9.17, 15) is 13.6 Å². The molecular formula is C25H28F2N5O7P. The average Bonchev–Trinajstić information content (AvgIpc) is 3.60. The van der Waals surface area contributed by atoms with E-state index in [2.05, 4.69) is 15.0 Å². The van der Waals surface area contributed by atoms with Crippen molar-refractivity contribution in [2.45, 2.75) is 25.2 Å². The lowest BCUT2D eigenvalue weighted by atomic mass is 10.2. The summed E-state index contributed by atoms with van der Waals surface area (Å²) in [5.74, 6) is 2.59. The SMILES string of the molecule is COc1ccc(OP(OCC2CCC(n3cnc4c(=O)[nH]c(N)nc43)O2)Oc2ccc(OC)cc2)cc1.FCF. The number of nitrogens with zero attached hydrogens (tertiary/aromatic N) is 3. The van der Waals surface area contributed by atoms with Crippen molar-refractivity contribution >= 4 is 25.7 Å². The Kier molecular flexibility index (Phi) is 10.1. The van der Waals surface area contributed by atoms with Crippen LogP contribution in [0, 0.1) is 0 Å². The quantitative estimate of drug-likeness (QED) is 0.254. The molecule has 3 N–H and O–H groups in total. The number of nitrogen functional groups attached to an aromatic ring is 1. The van der Waals surface area contributed by atoms with Gasteiger partial charge in [-0.1, -0.05) is 0 Å². The van der Waals surface area contributed by atoms with Gasteiger partial charge in [-0.15, -0.1) is 0 Å². The van der Waals surface area contributed by atoms with Crippen LogP contribution in [0.3, 0.4) is 0 Å². The molecule has 2 aromatic carbocycles. The Labute approximate surface area is 228 Å². The van der Waals surface area contributed by atoms with Gasteiger partial charge in [0.15, 0.2) is 11.2 Å². The highest BCUT2D eigenvalue weighted by Gasteiger charge is 2.30. The van der Waals surface area contributed by atoms with E-state index in [4.69, 9.17) is 33.5 Å². The predicted octanol–water partition coefficient (Wildman–Crippen LogP) is 4.68. The molecule has 3 heterocycles. The number of hydrogen-bond donors (Lipinski definition) is 2. The minimum atomic E-state index is -1.81. The zero-order valence-corrected chi connectivity index (χ0v) is 22.6. The maximum atomic E-state index is 12.1. The van der Waals surface area contributed by atoms with Crippen LogP contribution in [0.4, 0.5) is 14.7 Å². The highest BCUT2D eigenvalue weighted by atomic mass is 31.2. The lowest BCUT2D eigenvalue weighted by Crippen LogP contribution is -2.17. The Hall–Kier alpha value is -4.00. The largest absolute Gasteiger partial charge is 0.497 e. The molecule has 1 aliphatic heterocycles. The third-order valence-electron chi connectivity index (χ3n) is 5.69. The molecule has 0 amide bonds. The lowest BCUT2D eigenvalue weighted by molar-refractivity contribution is -0.0170. The van der Waals surface area contributed by atoms with Crippen molar-refractivity contribution < 1.29 is 36.6 Å². The van der Waals surface area contributed by atoms with Gasteiger partial charge in [-0.2, -0.15) is 4.98 Å². The number of fused-ring (bicyclic) bond motifs is 1. The molecule has 40 heavy (non-hydrogen) atoms. The van der Waals surface area contributed by atoms with Crippen LogP contribution >= 0.6 is 8.60 Å². The maximum Gasteiger partial charge on any atom is 0.463 e. The summed E-state index contributed by atoms with van der Waals surface area (Å²) < 4.78 is 55.7. The number of benzene rings is 2. The predicted molar refractivity (Wildman–Crippen MR) is 143 cm³/mol. The van der Waals surface area contributed by atoms with Crippen molar-refractivity contribution in [3.05, 3.63) is 65.2 Å². The van der Waals surface area contributed by atoms with Gasteiger partial charge >= 0.3 is 8.60 Å². The smallest absolute Gasteiger partial charge is 0.463 e. The number of aromatic amines is 1. The highest BCUT2D eigenvalue weighted by Crippen LogP contribution is 2.43. The first-order valence-corrected chi connectivity index (χ1v) is 13.1. The lowest BCUT2D eigenvalue weighted by Gasteiger charge is -2.20. The summed E-state index contributed by atoms with van der Waals surface area (Å²) in [5, 5.41) is 0. The number of halogens is 2. The van der Waals surface area contributed by atoms with E-state index in [0.29, 0.717) is 35.1 Å². The van der Waals surface area contributed by atoms with E-state index in [1.807, 2.05) is 0 Å². The fraction of sp³-hybridized carbons (Fsp3) is 0.320. The number of hydrogen-bond acceptors (Lipinski definition) is 10. The van der Waals surface area contributed by atoms with Gasteiger partial charge in [0.1, 0.15) is 29.2 Å². The molecule has 1 fully saturated rings. The van der Waals surface area contributed by atoms with Crippen LogP contribution in [0.1, 0.15) is 19.1 Å². The Morgan fingerprint density at radius 3 is 2.10 bits per heavy atom. The monoisotopic (exact) mass is 579 g/mol. The molecule has 1 saturated heterocycles. The number of rotatable bonds is 10. The van der Waals surface area contributed by atoms with Gasteiger partial charge in [0, 0.05) is 0 Å². The van der Waals surface area contributed by atoms with Crippen LogP contribution < -0.4 is 29.8 Å². The summed E-state index contributed by atoms with van der Waals surface area (Å²) >= 11 is 0. The van der Waals surface area contributed by atoms with Crippen molar-refractivity contribution in [3.8, 4) is 23.0 Å². The first kappa shape index (κ1) is 29.0. The van der Waals surface area contributed by atoms with Gasteiger partial charge in [0.25, 0.3) is 5.56 Å². The summed E-state index contributed by atoms with van der Waals surface area (Å²) in [4.78, 5) is 22.9. The Bertz CT molecular complexity index is 1370. The van der Waals surface area contributed by atoms with Gasteiger partial charge < -0.3 is 29.0 Å². The van der Waals surface area contributed by atoms with Crippen molar-refractivity contribution in [1.29, 1.82) is 0 Å². The molecule has 2 unspecified atom stereocenters. The van der Waals surface area contributed by atoms with Crippen molar-refractivity contribution in [1.82, 2.24) is 19.5 Å². The van der Waals surface area contributed by atoms with Crippen molar-refractivity contribution in [2.24, 2.45) is 0 Å². The van der Waals surface area contributed by atoms with E-state index >= 15 is 0 Å². The van der Waals surface area contributed by atoms with Gasteiger partial charge in [-0.3, -0.25) is 18.9 Å². The number of methoxy groups -OCH3 is 2. The van der Waals surface area contributed by atoms with Gasteiger partial charge in [0.05, 0.1) is 33.3 Å². The number of aromatic nitrogens is 4. The molecule has 0 spiro atoms. The molecule has 2 atom stereocenters. The molecule has 5 rings (SSSR count). The van der Waals surface area contributed by atoms with Crippen LogP contribution in [0.2, 0.25) is 0 Å². The third-order valence-corrected chi connectivity index (χ3v) is 6.77. The van der Waals surface area contributed by atoms with E-state index < -0.39 is 21.1 Å². The molecule has 0 bridgehead atoms. The maximum absolute atomic E-state index is 12.1. The summed E-state index contributed by atoms with van der Waals surface area (Å²) in [7, 11) is 1.39. The zero-order chi connectivity index (χ0) is 28.5. The molecule has 214 valence electrons. The van der Waals surface area contributed by atoms with Crippen LogP contribution in [-0.2, 0) is 9.26 Å². The number of imidazole rings is 1. The van der Waals surface area contributed by atoms with E-state index in [1.165, 1.54) is 6.33 Å². The minimum Gasteiger partial charge on any atom is -0.497 e. The number of H-pyrrole nitrogens is 1. The van der Waals surface area contributed by atoms with Crippen molar-refractivity contribution in [3.63, 3.8) is 0 Å². The van der Waals surface area contributed by atoms with E-state index in [1.54, 1.807) is 67.3 Å². The molecule has 0 radical (unpaired) electrons. The second-order valence-electron chi connectivity index (χ2n) is 8.22. The van der Waals surface area contributed by atoms with Gasteiger partial charge in [0.2, 0.25) is 12.9 Å². The van der Waals surface area contributed by atoms with E-state index in [0.717, 1.165) is 6.42 Å². The summed E-state index contributed by atoms with van der Waals surface area (Å²) in [6, 6.07) is 14.3. The van der Waals surface area contributed by atoms with Gasteiger partial charge in [-0.25, -0.2) is 13.8 Å². The molecule has 15 heteroatoms. The molecule has 0 aliphatic carbocycles. The molecule has 12 nitrogen and oxygen atoms in total. The van der Waals surface area contributed by atoms with Crippen LogP contribution in [0.25, 0.3) is 11.2 Å². The standard InChI is InChI=1S/C24H26N5O7P.CH2F2/c1-31-15-3-7-17(8-4-15)35-37(36-18-9-5-16(32-2)6-10-18)33-13-19-11-12-20(34-19)29-14-26-21-22(29)27-24(25)28-23(21)30;2-1-3/h3-10,14,19-20H,11-13H2,1-2H3,(H3,25,27,28,30);1H2. The molecule has 0 saturated carbocycles. The van der Waals surface area contributed by atoms with Gasteiger partial charge in [-0.05, 0) is 61.4 Å². The molecule has 1 aliphatic rings. The minimum absolute atomic E-state index is 0.0223. The number of ether oxygens (including phenoxy) is 3. The molecular weight excluding hydrogens is 551 g/mol. The van der Waals surface area contributed by atoms with E-state index in [-0.39, 0.29) is 30.4 Å². The fourth-order valence-corrected chi connectivity index (χ4v) is 4.85. The topological polar surface area (TPSA) is 145 Å². The average molecular weight is 579 g/mol. The van der Waals surface area contributed by atoms with Crippen LogP contribution in [0.5, 0.6) is 23.0 Å². The second kappa shape index (κ2) is 13.9. The summed E-state index contributed by atoms with van der Waals surface area (Å²) in [5.41, 5.74) is 5.90. The Balaban J connectivity index is 0.00000118. The summed E-state index contributed by atoms with van der Waals surface area (Å²) in [6.07, 6.45) is 2.35. The number of nitrogens with one attached hydrogen (secondary N) is 1. The first-order chi connectivity index (χ1) is 19.4. The van der Waals surface area contributed by atoms with Crippen molar-refractivity contribution in [2.75, 3.05) is 33.5 Å².